The first-order valence-electron chi connectivity index (χ1n) is 6.08. The Kier molecular flexibility index (Phi) is 4.18. The van der Waals surface area contributed by atoms with Crippen LogP contribution in [0.25, 0.3) is 0 Å². The summed E-state index contributed by atoms with van der Waals surface area (Å²) in [6.45, 7) is 2.12. The van der Waals surface area contributed by atoms with E-state index < -0.39 is 0 Å². The van der Waals surface area contributed by atoms with E-state index in [2.05, 4.69) is 15.2 Å². The van der Waals surface area contributed by atoms with Gasteiger partial charge in [-0.05, 0) is 18.9 Å². The maximum absolute atomic E-state index is 4.36. The highest BCUT2D eigenvalue weighted by atomic mass is 32.1. The molecule has 0 saturated heterocycles. The lowest BCUT2D eigenvalue weighted by Gasteiger charge is -2.25. The molecule has 1 aromatic heterocycles. The molecule has 0 atom stereocenters. The van der Waals surface area contributed by atoms with E-state index in [0.29, 0.717) is 0 Å². The van der Waals surface area contributed by atoms with Crippen LogP contribution >= 0.6 is 11.3 Å². The second-order valence-electron chi connectivity index (χ2n) is 4.77. The van der Waals surface area contributed by atoms with Gasteiger partial charge in [0, 0.05) is 31.7 Å². The topological polar surface area (TPSA) is 28.2 Å². The fraction of sp³-hybridized carbons (Fsp3) is 0.750. The SMILES string of the molecule is CN(C)c1ncc(CNCCC2CCC2)s1. The van der Waals surface area contributed by atoms with Crippen LogP contribution in [-0.2, 0) is 6.54 Å². The molecule has 2 rings (SSSR count). The van der Waals surface area contributed by atoms with Gasteiger partial charge in [-0.3, -0.25) is 0 Å². The van der Waals surface area contributed by atoms with Gasteiger partial charge in [0.15, 0.2) is 5.13 Å². The van der Waals surface area contributed by atoms with E-state index in [-0.39, 0.29) is 0 Å². The minimum atomic E-state index is 0.970. The van der Waals surface area contributed by atoms with Gasteiger partial charge < -0.3 is 10.2 Å². The number of nitrogens with one attached hydrogen (secondary N) is 1. The van der Waals surface area contributed by atoms with Gasteiger partial charge in [-0.2, -0.15) is 0 Å². The highest BCUT2D eigenvalue weighted by Crippen LogP contribution is 2.28. The molecular weight excluding hydrogens is 218 g/mol. The molecular formula is C12H21N3S. The maximum atomic E-state index is 4.36. The molecule has 1 saturated carbocycles. The summed E-state index contributed by atoms with van der Waals surface area (Å²) in [6.07, 6.45) is 7.68. The number of anilines is 1. The number of hydrogen-bond acceptors (Lipinski definition) is 4. The summed E-state index contributed by atoms with van der Waals surface area (Å²) in [5.41, 5.74) is 0. The van der Waals surface area contributed by atoms with Crippen molar-refractivity contribution >= 4 is 16.5 Å². The predicted molar refractivity (Wildman–Crippen MR) is 70.1 cm³/mol. The first-order chi connectivity index (χ1) is 7.75. The van der Waals surface area contributed by atoms with Crippen LogP contribution < -0.4 is 10.2 Å². The Morgan fingerprint density at radius 3 is 2.88 bits per heavy atom. The van der Waals surface area contributed by atoms with Crippen LogP contribution in [0.5, 0.6) is 0 Å². The van der Waals surface area contributed by atoms with Crippen molar-refractivity contribution in [3.8, 4) is 0 Å². The van der Waals surface area contributed by atoms with Crippen LogP contribution in [0, 0.1) is 5.92 Å². The molecule has 0 aromatic carbocycles. The first-order valence-corrected chi connectivity index (χ1v) is 6.90. The predicted octanol–water partition coefficient (Wildman–Crippen LogP) is 2.49. The number of rotatable bonds is 6. The Hall–Kier alpha value is -0.610. The van der Waals surface area contributed by atoms with Crippen LogP contribution in [0.15, 0.2) is 6.20 Å². The Morgan fingerprint density at radius 1 is 1.50 bits per heavy atom. The standard InChI is InChI=1S/C12H21N3S/c1-15(2)12-14-9-11(16-12)8-13-7-6-10-4-3-5-10/h9-10,13H,3-8H2,1-2H3. The number of aromatic nitrogens is 1. The normalized spacial score (nSPS) is 16.1. The fourth-order valence-corrected chi connectivity index (χ4v) is 2.69. The molecule has 3 nitrogen and oxygen atoms in total. The van der Waals surface area contributed by atoms with Crippen molar-refractivity contribution in [3.63, 3.8) is 0 Å². The third kappa shape index (κ3) is 3.19. The minimum absolute atomic E-state index is 0.970. The highest BCUT2D eigenvalue weighted by Gasteiger charge is 2.16. The lowest BCUT2D eigenvalue weighted by molar-refractivity contribution is 0.292. The summed E-state index contributed by atoms with van der Waals surface area (Å²) in [5, 5.41) is 4.60. The average molecular weight is 239 g/mol. The summed E-state index contributed by atoms with van der Waals surface area (Å²) in [7, 11) is 4.07. The average Bonchev–Trinajstić information content (AvgIpc) is 2.63. The van der Waals surface area contributed by atoms with Crippen LogP contribution in [0.3, 0.4) is 0 Å². The Bertz CT molecular complexity index is 318. The van der Waals surface area contributed by atoms with E-state index in [1.54, 1.807) is 11.3 Å². The van der Waals surface area contributed by atoms with Crippen LogP contribution in [0.1, 0.15) is 30.6 Å². The fourth-order valence-electron chi connectivity index (χ4n) is 1.88. The van der Waals surface area contributed by atoms with E-state index >= 15 is 0 Å². The van der Waals surface area contributed by atoms with Gasteiger partial charge in [0.05, 0.1) is 0 Å². The Morgan fingerprint density at radius 2 is 2.31 bits per heavy atom. The van der Waals surface area contributed by atoms with E-state index in [4.69, 9.17) is 0 Å². The van der Waals surface area contributed by atoms with Gasteiger partial charge in [-0.15, -0.1) is 11.3 Å². The van der Waals surface area contributed by atoms with Crippen molar-refractivity contribution in [2.45, 2.75) is 32.2 Å². The van der Waals surface area contributed by atoms with E-state index in [9.17, 15) is 0 Å². The molecule has 0 bridgehead atoms. The molecule has 0 unspecified atom stereocenters. The molecule has 0 spiro atoms. The monoisotopic (exact) mass is 239 g/mol. The Balaban J connectivity index is 1.64. The molecule has 1 N–H and O–H groups in total. The smallest absolute Gasteiger partial charge is 0.185 e. The van der Waals surface area contributed by atoms with Gasteiger partial charge >= 0.3 is 0 Å². The number of hydrogen-bond donors (Lipinski definition) is 1. The molecule has 1 heterocycles. The van der Waals surface area contributed by atoms with Gasteiger partial charge in [0.1, 0.15) is 0 Å². The molecule has 0 amide bonds. The Labute approximate surface area is 102 Å². The molecule has 1 aliphatic rings. The molecule has 1 fully saturated rings. The summed E-state index contributed by atoms with van der Waals surface area (Å²) in [6, 6.07) is 0. The van der Waals surface area contributed by atoms with Crippen molar-refractivity contribution in [1.29, 1.82) is 0 Å². The molecule has 4 heteroatoms. The first kappa shape index (κ1) is 11.9. The second-order valence-corrected chi connectivity index (χ2v) is 5.86. The van der Waals surface area contributed by atoms with Crippen LogP contribution in [0.2, 0.25) is 0 Å². The quantitative estimate of drug-likeness (QED) is 0.773. The zero-order chi connectivity index (χ0) is 11.4. The van der Waals surface area contributed by atoms with Crippen molar-refractivity contribution in [2.75, 3.05) is 25.5 Å². The zero-order valence-electron chi connectivity index (χ0n) is 10.2. The molecule has 0 aliphatic heterocycles. The third-order valence-electron chi connectivity index (χ3n) is 3.18. The zero-order valence-corrected chi connectivity index (χ0v) is 11.0. The van der Waals surface area contributed by atoms with Gasteiger partial charge in [-0.1, -0.05) is 19.3 Å². The van der Waals surface area contributed by atoms with Crippen molar-refractivity contribution in [3.05, 3.63) is 11.1 Å². The van der Waals surface area contributed by atoms with E-state index in [1.165, 1.54) is 30.6 Å². The van der Waals surface area contributed by atoms with Crippen LogP contribution in [0.4, 0.5) is 5.13 Å². The second kappa shape index (κ2) is 5.64. The largest absolute Gasteiger partial charge is 0.354 e. The lowest BCUT2D eigenvalue weighted by Crippen LogP contribution is -2.20. The van der Waals surface area contributed by atoms with Crippen molar-refractivity contribution in [1.82, 2.24) is 10.3 Å². The van der Waals surface area contributed by atoms with Crippen molar-refractivity contribution in [2.24, 2.45) is 5.92 Å². The van der Waals surface area contributed by atoms with Gasteiger partial charge in [0.25, 0.3) is 0 Å². The van der Waals surface area contributed by atoms with E-state index in [1.807, 2.05) is 20.3 Å². The summed E-state index contributed by atoms with van der Waals surface area (Å²) in [4.78, 5) is 7.75. The molecule has 1 aliphatic carbocycles. The molecule has 0 radical (unpaired) electrons. The number of nitrogens with zero attached hydrogens (tertiary/aromatic N) is 2. The maximum Gasteiger partial charge on any atom is 0.185 e. The summed E-state index contributed by atoms with van der Waals surface area (Å²) >= 11 is 1.77. The summed E-state index contributed by atoms with van der Waals surface area (Å²) in [5.74, 6) is 1.01. The van der Waals surface area contributed by atoms with Gasteiger partial charge in [0.2, 0.25) is 0 Å². The van der Waals surface area contributed by atoms with E-state index in [0.717, 1.165) is 24.1 Å². The van der Waals surface area contributed by atoms with Crippen molar-refractivity contribution < 1.29 is 0 Å². The molecule has 16 heavy (non-hydrogen) atoms. The number of thiazole rings is 1. The van der Waals surface area contributed by atoms with Gasteiger partial charge in [-0.25, -0.2) is 4.98 Å². The third-order valence-corrected chi connectivity index (χ3v) is 4.34. The molecule has 1 aromatic rings. The summed E-state index contributed by atoms with van der Waals surface area (Å²) < 4.78 is 0. The van der Waals surface area contributed by atoms with Crippen LogP contribution in [-0.4, -0.2) is 25.6 Å². The molecule has 90 valence electrons. The minimum Gasteiger partial charge on any atom is -0.354 e. The lowest BCUT2D eigenvalue weighted by atomic mass is 9.83. The highest BCUT2D eigenvalue weighted by molar-refractivity contribution is 7.15.